The summed E-state index contributed by atoms with van der Waals surface area (Å²) in [7, 11) is -3.68. The number of sulfonamides is 1. The van der Waals surface area contributed by atoms with Crippen molar-refractivity contribution in [2.75, 3.05) is 11.9 Å². The van der Waals surface area contributed by atoms with Crippen LogP contribution in [0.15, 0.2) is 23.1 Å². The average molecular weight is 315 g/mol. The third-order valence-electron chi connectivity index (χ3n) is 2.92. The minimum Gasteiger partial charge on any atom is -0.380 e. The zero-order chi connectivity index (χ0) is 16.0. The first-order valence-electron chi connectivity index (χ1n) is 6.86. The van der Waals surface area contributed by atoms with Crippen molar-refractivity contribution in [1.82, 2.24) is 4.72 Å². The Morgan fingerprint density at radius 3 is 2.52 bits per heavy atom. The molecule has 0 fully saturated rings. The maximum atomic E-state index is 12.2. The van der Waals surface area contributed by atoms with E-state index in [1.54, 1.807) is 13.8 Å². The standard InChI is InChI=1S/C13H21N3O4S/c1-4-6-10(3)15-21(19,20)11-7-8-13(16(17)18)12(9-11)14-5-2/h7-10,14-15H,4-6H2,1-3H3. The molecule has 8 heteroatoms. The zero-order valence-corrected chi connectivity index (χ0v) is 13.2. The first-order valence-corrected chi connectivity index (χ1v) is 8.34. The van der Waals surface area contributed by atoms with Crippen molar-refractivity contribution in [2.24, 2.45) is 0 Å². The molecule has 0 radical (unpaired) electrons. The van der Waals surface area contributed by atoms with Gasteiger partial charge in [0.2, 0.25) is 10.0 Å². The number of nitro benzene ring substituents is 1. The van der Waals surface area contributed by atoms with Crippen molar-refractivity contribution >= 4 is 21.4 Å². The van der Waals surface area contributed by atoms with Gasteiger partial charge in [-0.15, -0.1) is 0 Å². The van der Waals surface area contributed by atoms with Gasteiger partial charge in [-0.3, -0.25) is 10.1 Å². The highest BCUT2D eigenvalue weighted by molar-refractivity contribution is 7.89. The van der Waals surface area contributed by atoms with Gasteiger partial charge in [0.1, 0.15) is 5.69 Å². The molecule has 0 amide bonds. The number of rotatable bonds is 8. The maximum Gasteiger partial charge on any atom is 0.292 e. The first-order chi connectivity index (χ1) is 9.81. The Kier molecular flexibility index (Phi) is 6.10. The summed E-state index contributed by atoms with van der Waals surface area (Å²) in [6, 6.07) is 3.57. The third kappa shape index (κ3) is 4.68. The maximum absolute atomic E-state index is 12.2. The Bertz CT molecular complexity index is 601. The quantitative estimate of drug-likeness (QED) is 0.567. The smallest absolute Gasteiger partial charge is 0.292 e. The highest BCUT2D eigenvalue weighted by Crippen LogP contribution is 2.27. The van der Waals surface area contributed by atoms with Crippen molar-refractivity contribution in [2.45, 2.75) is 44.6 Å². The van der Waals surface area contributed by atoms with E-state index in [4.69, 9.17) is 0 Å². The molecule has 0 saturated heterocycles. The highest BCUT2D eigenvalue weighted by atomic mass is 32.2. The predicted molar refractivity (Wildman–Crippen MR) is 82.0 cm³/mol. The second-order valence-corrected chi connectivity index (χ2v) is 6.49. The lowest BCUT2D eigenvalue weighted by Gasteiger charge is -2.14. The van der Waals surface area contributed by atoms with Gasteiger partial charge in [-0.1, -0.05) is 13.3 Å². The molecule has 2 N–H and O–H groups in total. The lowest BCUT2D eigenvalue weighted by Crippen LogP contribution is -2.32. The van der Waals surface area contributed by atoms with E-state index in [-0.39, 0.29) is 22.3 Å². The van der Waals surface area contributed by atoms with E-state index in [1.165, 1.54) is 18.2 Å². The summed E-state index contributed by atoms with van der Waals surface area (Å²) in [5.41, 5.74) is 0.0610. The molecule has 0 heterocycles. The van der Waals surface area contributed by atoms with E-state index in [0.717, 1.165) is 12.8 Å². The Hall–Kier alpha value is -1.67. The van der Waals surface area contributed by atoms with Gasteiger partial charge >= 0.3 is 0 Å². The van der Waals surface area contributed by atoms with Crippen LogP contribution in [-0.4, -0.2) is 25.9 Å². The Morgan fingerprint density at radius 1 is 1.33 bits per heavy atom. The monoisotopic (exact) mass is 315 g/mol. The Morgan fingerprint density at radius 2 is 2.00 bits per heavy atom. The molecule has 1 aromatic rings. The van der Waals surface area contributed by atoms with E-state index in [9.17, 15) is 18.5 Å². The van der Waals surface area contributed by atoms with Gasteiger partial charge in [0.15, 0.2) is 0 Å². The molecule has 1 atom stereocenters. The van der Waals surface area contributed by atoms with E-state index < -0.39 is 14.9 Å². The van der Waals surface area contributed by atoms with Gasteiger partial charge in [-0.25, -0.2) is 13.1 Å². The Labute approximate surface area is 124 Å². The normalized spacial score (nSPS) is 12.9. The van der Waals surface area contributed by atoms with Crippen LogP contribution in [0.25, 0.3) is 0 Å². The van der Waals surface area contributed by atoms with Crippen molar-refractivity contribution in [3.05, 3.63) is 28.3 Å². The summed E-state index contributed by atoms with van der Waals surface area (Å²) in [5.74, 6) is 0. The largest absolute Gasteiger partial charge is 0.380 e. The van der Waals surface area contributed by atoms with Gasteiger partial charge in [-0.2, -0.15) is 0 Å². The van der Waals surface area contributed by atoms with E-state index in [2.05, 4.69) is 10.0 Å². The van der Waals surface area contributed by atoms with Crippen molar-refractivity contribution in [1.29, 1.82) is 0 Å². The summed E-state index contributed by atoms with van der Waals surface area (Å²) < 4.78 is 27.1. The van der Waals surface area contributed by atoms with E-state index in [1.807, 2.05) is 6.92 Å². The third-order valence-corrected chi connectivity index (χ3v) is 4.51. The molecule has 0 saturated carbocycles. The minimum absolute atomic E-state index is 0.0204. The molecule has 21 heavy (non-hydrogen) atoms. The molecule has 0 aromatic heterocycles. The van der Waals surface area contributed by atoms with Crippen molar-refractivity contribution in [3.63, 3.8) is 0 Å². The SMILES string of the molecule is CCCC(C)NS(=O)(=O)c1ccc([N+](=O)[O-])c(NCC)c1. The number of anilines is 1. The number of benzene rings is 1. The molecule has 118 valence electrons. The second-order valence-electron chi connectivity index (χ2n) is 4.78. The van der Waals surface area contributed by atoms with Crippen LogP contribution in [0, 0.1) is 10.1 Å². The lowest BCUT2D eigenvalue weighted by molar-refractivity contribution is -0.384. The molecule has 0 spiro atoms. The number of hydrogen-bond acceptors (Lipinski definition) is 5. The number of nitrogens with one attached hydrogen (secondary N) is 2. The van der Waals surface area contributed by atoms with Gasteiger partial charge in [0.05, 0.1) is 9.82 Å². The van der Waals surface area contributed by atoms with Crippen molar-refractivity contribution in [3.8, 4) is 0 Å². The second kappa shape index (κ2) is 7.37. The summed E-state index contributed by atoms with van der Waals surface area (Å²) >= 11 is 0. The number of nitro groups is 1. The fraction of sp³-hybridized carbons (Fsp3) is 0.538. The van der Waals surface area contributed by atoms with Crippen LogP contribution in [0.3, 0.4) is 0 Å². The molecule has 0 aliphatic heterocycles. The minimum atomic E-state index is -3.68. The van der Waals surface area contributed by atoms with E-state index in [0.29, 0.717) is 6.54 Å². The van der Waals surface area contributed by atoms with Crippen LogP contribution >= 0.6 is 0 Å². The lowest BCUT2D eigenvalue weighted by atomic mass is 10.2. The van der Waals surface area contributed by atoms with Crippen LogP contribution < -0.4 is 10.0 Å². The molecule has 7 nitrogen and oxygen atoms in total. The fourth-order valence-corrected chi connectivity index (χ4v) is 3.30. The Balaban J connectivity index is 3.13. The summed E-state index contributed by atoms with van der Waals surface area (Å²) in [4.78, 5) is 10.4. The highest BCUT2D eigenvalue weighted by Gasteiger charge is 2.21. The van der Waals surface area contributed by atoms with Crippen LogP contribution in [0.4, 0.5) is 11.4 Å². The molecule has 0 aliphatic rings. The van der Waals surface area contributed by atoms with Crippen LogP contribution in [0.1, 0.15) is 33.6 Å². The van der Waals surface area contributed by atoms with Crippen LogP contribution in [0.2, 0.25) is 0 Å². The molecule has 1 rings (SSSR count). The first kappa shape index (κ1) is 17.4. The van der Waals surface area contributed by atoms with Gasteiger partial charge < -0.3 is 5.32 Å². The average Bonchev–Trinajstić information content (AvgIpc) is 2.38. The summed E-state index contributed by atoms with van der Waals surface area (Å²) in [5, 5.41) is 13.7. The molecular weight excluding hydrogens is 294 g/mol. The molecule has 0 bridgehead atoms. The van der Waals surface area contributed by atoms with Crippen LogP contribution in [0.5, 0.6) is 0 Å². The van der Waals surface area contributed by atoms with Crippen molar-refractivity contribution < 1.29 is 13.3 Å². The molecule has 1 unspecified atom stereocenters. The summed E-state index contributed by atoms with van der Waals surface area (Å²) in [6.45, 7) is 6.01. The number of nitrogens with zero attached hydrogens (tertiary/aromatic N) is 1. The van der Waals surface area contributed by atoms with Crippen LogP contribution in [-0.2, 0) is 10.0 Å². The molecule has 0 aliphatic carbocycles. The fourth-order valence-electron chi connectivity index (χ4n) is 2.00. The van der Waals surface area contributed by atoms with Gasteiger partial charge in [0.25, 0.3) is 5.69 Å². The summed E-state index contributed by atoms with van der Waals surface area (Å²) in [6.07, 6.45) is 1.60. The zero-order valence-electron chi connectivity index (χ0n) is 12.4. The topological polar surface area (TPSA) is 101 Å². The number of hydrogen-bond donors (Lipinski definition) is 2. The van der Waals surface area contributed by atoms with Gasteiger partial charge in [-0.05, 0) is 32.4 Å². The predicted octanol–water partition coefficient (Wildman–Crippen LogP) is 2.49. The molecular formula is C13H21N3O4S. The molecule has 1 aromatic carbocycles. The van der Waals surface area contributed by atoms with Gasteiger partial charge in [0, 0.05) is 18.7 Å². The van der Waals surface area contributed by atoms with E-state index >= 15 is 0 Å².